The van der Waals surface area contributed by atoms with Crippen molar-refractivity contribution in [1.29, 1.82) is 0 Å². The van der Waals surface area contributed by atoms with Gasteiger partial charge in [0.2, 0.25) is 5.91 Å². The smallest absolute Gasteiger partial charge is 0.222 e. The molecule has 1 atom stereocenters. The Morgan fingerprint density at radius 3 is 2.83 bits per heavy atom. The third-order valence-electron chi connectivity index (χ3n) is 5.06. The highest BCUT2D eigenvalue weighted by atomic mass is 16.3. The van der Waals surface area contributed by atoms with Crippen molar-refractivity contribution in [2.45, 2.75) is 38.6 Å². The molecule has 4 nitrogen and oxygen atoms in total. The lowest BCUT2D eigenvalue weighted by Crippen LogP contribution is -2.31. The van der Waals surface area contributed by atoms with Gasteiger partial charge in [-0.25, -0.2) is 0 Å². The van der Waals surface area contributed by atoms with Crippen molar-refractivity contribution in [3.8, 4) is 0 Å². The average molecular weight is 314 g/mol. The van der Waals surface area contributed by atoms with Crippen LogP contribution in [0.1, 0.15) is 44.4 Å². The number of nitrogens with zero attached hydrogens (tertiary/aromatic N) is 1. The van der Waals surface area contributed by atoms with Gasteiger partial charge >= 0.3 is 0 Å². The fourth-order valence-electron chi connectivity index (χ4n) is 3.29. The zero-order valence-electron chi connectivity index (χ0n) is 14.0. The first-order valence-electron chi connectivity index (χ1n) is 8.60. The van der Waals surface area contributed by atoms with Gasteiger partial charge in [-0.05, 0) is 57.3 Å². The number of hydrogen-bond donors (Lipinski definition) is 1. The summed E-state index contributed by atoms with van der Waals surface area (Å²) in [4.78, 5) is 14.3. The first kappa shape index (κ1) is 16.1. The largest absolute Gasteiger partial charge is 0.459 e. The van der Waals surface area contributed by atoms with Gasteiger partial charge in [-0.15, -0.1) is 0 Å². The normalized spacial score (nSPS) is 17.3. The van der Waals surface area contributed by atoms with Gasteiger partial charge in [0.15, 0.2) is 0 Å². The van der Waals surface area contributed by atoms with Crippen molar-refractivity contribution in [1.82, 2.24) is 10.2 Å². The van der Waals surface area contributed by atoms with Gasteiger partial charge in [0.25, 0.3) is 0 Å². The molecule has 0 saturated carbocycles. The Balaban J connectivity index is 1.59. The van der Waals surface area contributed by atoms with Crippen LogP contribution >= 0.6 is 0 Å². The van der Waals surface area contributed by atoms with Gasteiger partial charge in [0, 0.05) is 18.9 Å². The van der Waals surface area contributed by atoms with Crippen LogP contribution in [0.2, 0.25) is 0 Å². The minimum atomic E-state index is -0.0390. The predicted octanol–water partition coefficient (Wildman–Crippen LogP) is 3.73. The van der Waals surface area contributed by atoms with Crippen LogP contribution in [0.3, 0.4) is 0 Å². The van der Waals surface area contributed by atoms with Crippen molar-refractivity contribution in [3.05, 3.63) is 36.1 Å². The predicted molar refractivity (Wildman–Crippen MR) is 92.2 cm³/mol. The maximum atomic E-state index is 12.5. The summed E-state index contributed by atoms with van der Waals surface area (Å²) in [7, 11) is 1.88. The highest BCUT2D eigenvalue weighted by Crippen LogP contribution is 2.27. The van der Waals surface area contributed by atoms with E-state index in [2.05, 4.69) is 5.32 Å². The molecule has 1 unspecified atom stereocenters. The van der Waals surface area contributed by atoms with Crippen LogP contribution in [0.25, 0.3) is 11.0 Å². The summed E-state index contributed by atoms with van der Waals surface area (Å²) >= 11 is 0. The zero-order valence-corrected chi connectivity index (χ0v) is 14.0. The summed E-state index contributed by atoms with van der Waals surface area (Å²) in [6, 6.07) is 9.96. The number of para-hydroxylation sites is 1. The van der Waals surface area contributed by atoms with Gasteiger partial charge in [-0.3, -0.25) is 4.79 Å². The highest BCUT2D eigenvalue weighted by Gasteiger charge is 2.22. The molecule has 1 saturated heterocycles. The molecular weight excluding hydrogens is 288 g/mol. The molecule has 1 N–H and O–H groups in total. The molecule has 1 fully saturated rings. The van der Waals surface area contributed by atoms with Crippen molar-refractivity contribution in [2.24, 2.45) is 5.92 Å². The molecule has 2 heterocycles. The Kier molecular flexibility index (Phi) is 5.01. The van der Waals surface area contributed by atoms with Crippen LogP contribution in [-0.4, -0.2) is 30.9 Å². The summed E-state index contributed by atoms with van der Waals surface area (Å²) < 4.78 is 5.89. The Hall–Kier alpha value is -1.81. The molecule has 1 aromatic heterocycles. The van der Waals surface area contributed by atoms with E-state index in [1.165, 1.54) is 12.8 Å². The molecule has 0 radical (unpaired) electrons. The Bertz CT molecular complexity index is 625. The van der Waals surface area contributed by atoms with Crippen molar-refractivity contribution in [2.75, 3.05) is 20.1 Å². The molecule has 1 aromatic carbocycles. The Morgan fingerprint density at radius 2 is 2.09 bits per heavy atom. The minimum Gasteiger partial charge on any atom is -0.459 e. The van der Waals surface area contributed by atoms with Gasteiger partial charge in [-0.2, -0.15) is 0 Å². The number of nitrogens with one attached hydrogen (secondary N) is 1. The van der Waals surface area contributed by atoms with Crippen LogP contribution in [0.5, 0.6) is 0 Å². The zero-order chi connectivity index (χ0) is 16.2. The van der Waals surface area contributed by atoms with Crippen molar-refractivity contribution >= 4 is 16.9 Å². The minimum absolute atomic E-state index is 0.0390. The van der Waals surface area contributed by atoms with E-state index < -0.39 is 0 Å². The lowest BCUT2D eigenvalue weighted by molar-refractivity contribution is -0.132. The van der Waals surface area contributed by atoms with Crippen LogP contribution < -0.4 is 5.32 Å². The molecule has 4 heteroatoms. The summed E-state index contributed by atoms with van der Waals surface area (Å²) in [5.41, 5.74) is 0.880. The molecule has 1 aliphatic rings. The molecule has 0 bridgehead atoms. The van der Waals surface area contributed by atoms with E-state index in [1.54, 1.807) is 0 Å². The molecule has 2 aromatic rings. The number of piperidine rings is 1. The van der Waals surface area contributed by atoms with Gasteiger partial charge < -0.3 is 14.6 Å². The molecule has 124 valence electrons. The quantitative estimate of drug-likeness (QED) is 0.914. The number of benzene rings is 1. The monoisotopic (exact) mass is 314 g/mol. The molecular formula is C19H26N2O2. The van der Waals surface area contributed by atoms with E-state index in [0.717, 1.165) is 36.2 Å². The average Bonchev–Trinajstić information content (AvgIpc) is 3.03. The van der Waals surface area contributed by atoms with E-state index in [4.69, 9.17) is 4.42 Å². The summed E-state index contributed by atoms with van der Waals surface area (Å²) in [5.74, 6) is 1.75. The molecule has 3 rings (SSSR count). The van der Waals surface area contributed by atoms with E-state index >= 15 is 0 Å². The molecule has 1 aliphatic heterocycles. The molecule has 1 amide bonds. The molecule has 23 heavy (non-hydrogen) atoms. The number of furan rings is 1. The highest BCUT2D eigenvalue weighted by molar-refractivity contribution is 5.79. The first-order chi connectivity index (χ1) is 11.1. The second kappa shape index (κ2) is 7.18. The summed E-state index contributed by atoms with van der Waals surface area (Å²) in [5, 5.41) is 4.46. The molecule has 0 aliphatic carbocycles. The lowest BCUT2D eigenvalue weighted by atomic mass is 9.93. The summed E-state index contributed by atoms with van der Waals surface area (Å²) in [6.07, 6.45) is 4.01. The maximum absolute atomic E-state index is 12.5. The van der Waals surface area contributed by atoms with Crippen LogP contribution in [-0.2, 0) is 4.79 Å². The lowest BCUT2D eigenvalue weighted by Gasteiger charge is -2.26. The third-order valence-corrected chi connectivity index (χ3v) is 5.06. The first-order valence-corrected chi connectivity index (χ1v) is 8.60. The van der Waals surface area contributed by atoms with E-state index in [9.17, 15) is 4.79 Å². The maximum Gasteiger partial charge on any atom is 0.222 e. The third kappa shape index (κ3) is 3.75. The standard InChI is InChI=1S/C19H26N2O2/c1-14(18-13-16-5-3-4-6-17(16)23-18)21(2)19(22)8-7-15-9-11-20-12-10-15/h3-6,13-15,20H,7-12H2,1-2H3. The topological polar surface area (TPSA) is 45.5 Å². The number of carbonyl (C=O) groups is 1. The second-order valence-electron chi connectivity index (χ2n) is 6.60. The van der Waals surface area contributed by atoms with Crippen LogP contribution in [0, 0.1) is 5.92 Å². The Labute approximate surface area is 137 Å². The van der Waals surface area contributed by atoms with E-state index in [0.29, 0.717) is 12.3 Å². The number of carbonyl (C=O) groups excluding carboxylic acids is 1. The SMILES string of the molecule is CC(c1cc2ccccc2o1)N(C)C(=O)CCC1CCNCC1. The van der Waals surface area contributed by atoms with Gasteiger partial charge in [0.05, 0.1) is 6.04 Å². The van der Waals surface area contributed by atoms with Gasteiger partial charge in [-0.1, -0.05) is 18.2 Å². The second-order valence-corrected chi connectivity index (χ2v) is 6.60. The number of fused-ring (bicyclic) bond motifs is 1. The fourth-order valence-corrected chi connectivity index (χ4v) is 3.29. The van der Waals surface area contributed by atoms with E-state index in [1.807, 2.05) is 49.2 Å². The van der Waals surface area contributed by atoms with E-state index in [-0.39, 0.29) is 11.9 Å². The fraction of sp³-hybridized carbons (Fsp3) is 0.526. The summed E-state index contributed by atoms with van der Waals surface area (Å²) in [6.45, 7) is 4.20. The van der Waals surface area contributed by atoms with Gasteiger partial charge in [0.1, 0.15) is 11.3 Å². The van der Waals surface area contributed by atoms with Crippen molar-refractivity contribution < 1.29 is 9.21 Å². The number of amides is 1. The Morgan fingerprint density at radius 1 is 1.35 bits per heavy atom. The number of rotatable bonds is 5. The molecule has 0 spiro atoms. The number of hydrogen-bond acceptors (Lipinski definition) is 3. The van der Waals surface area contributed by atoms with Crippen molar-refractivity contribution in [3.63, 3.8) is 0 Å². The van der Waals surface area contributed by atoms with Crippen LogP contribution in [0.4, 0.5) is 0 Å². The van der Waals surface area contributed by atoms with Crippen LogP contribution in [0.15, 0.2) is 34.7 Å².